The largest absolute Gasteiger partial charge is 0.348 e. The van der Waals surface area contributed by atoms with Gasteiger partial charge in [0.2, 0.25) is 5.91 Å². The fourth-order valence-corrected chi connectivity index (χ4v) is 2.89. The van der Waals surface area contributed by atoms with Crippen molar-refractivity contribution in [3.8, 4) is 0 Å². The first-order chi connectivity index (χ1) is 10.6. The highest BCUT2D eigenvalue weighted by Crippen LogP contribution is 2.29. The fraction of sp³-hybridized carbons (Fsp3) is 0.600. The summed E-state index contributed by atoms with van der Waals surface area (Å²) < 4.78 is 0. The van der Waals surface area contributed by atoms with Gasteiger partial charge in [-0.3, -0.25) is 14.4 Å². The number of carbonyl (C=O) groups is 2. The zero-order valence-electron chi connectivity index (χ0n) is 12.4. The van der Waals surface area contributed by atoms with E-state index in [4.69, 9.17) is 0 Å². The van der Waals surface area contributed by atoms with Crippen molar-refractivity contribution in [1.82, 2.24) is 20.4 Å². The second-order valence-corrected chi connectivity index (χ2v) is 6.01. The molecule has 2 aliphatic rings. The highest BCUT2D eigenvalue weighted by atomic mass is 16.2. The molecule has 3 rings (SSSR count). The van der Waals surface area contributed by atoms with E-state index in [0.717, 1.165) is 32.1 Å². The third kappa shape index (κ3) is 3.18. The third-order valence-electron chi connectivity index (χ3n) is 4.51. The van der Waals surface area contributed by atoms with Gasteiger partial charge in [0.25, 0.3) is 11.5 Å². The van der Waals surface area contributed by atoms with Gasteiger partial charge < -0.3 is 10.2 Å². The summed E-state index contributed by atoms with van der Waals surface area (Å²) >= 11 is 0. The summed E-state index contributed by atoms with van der Waals surface area (Å²) in [6, 6.07) is 2.73. The van der Waals surface area contributed by atoms with Crippen LogP contribution in [0.2, 0.25) is 0 Å². The molecule has 1 saturated heterocycles. The van der Waals surface area contributed by atoms with Crippen molar-refractivity contribution >= 4 is 11.8 Å². The topological polar surface area (TPSA) is 95.2 Å². The van der Waals surface area contributed by atoms with Gasteiger partial charge in [0.1, 0.15) is 5.69 Å². The normalized spacial score (nSPS) is 19.5. The number of carbonyl (C=O) groups excluding carboxylic acids is 2. The van der Waals surface area contributed by atoms with Crippen LogP contribution in [-0.4, -0.2) is 46.0 Å². The Hall–Kier alpha value is -2.18. The van der Waals surface area contributed by atoms with E-state index in [1.165, 1.54) is 12.1 Å². The van der Waals surface area contributed by atoms with Crippen LogP contribution in [0.5, 0.6) is 0 Å². The molecule has 7 nitrogen and oxygen atoms in total. The molecule has 1 saturated carbocycles. The number of amides is 2. The van der Waals surface area contributed by atoms with E-state index < -0.39 is 0 Å². The van der Waals surface area contributed by atoms with E-state index in [1.807, 2.05) is 4.90 Å². The number of aromatic nitrogens is 2. The Kier molecular flexibility index (Phi) is 4.22. The summed E-state index contributed by atoms with van der Waals surface area (Å²) in [5.74, 6) is 0.217. The van der Waals surface area contributed by atoms with Gasteiger partial charge in [-0.05, 0) is 31.7 Å². The van der Waals surface area contributed by atoms with Crippen molar-refractivity contribution < 1.29 is 9.59 Å². The number of likely N-dealkylation sites (tertiary alicyclic amines) is 1. The van der Waals surface area contributed by atoms with Crippen molar-refractivity contribution in [1.29, 1.82) is 0 Å². The van der Waals surface area contributed by atoms with Crippen LogP contribution in [0, 0.1) is 5.92 Å². The molecule has 22 heavy (non-hydrogen) atoms. The van der Waals surface area contributed by atoms with E-state index in [2.05, 4.69) is 15.5 Å². The Morgan fingerprint density at radius 1 is 1.18 bits per heavy atom. The molecule has 2 N–H and O–H groups in total. The molecular formula is C15H20N4O3. The van der Waals surface area contributed by atoms with E-state index in [0.29, 0.717) is 13.1 Å². The molecule has 2 fully saturated rings. The molecule has 1 aromatic heterocycles. The fourth-order valence-electron chi connectivity index (χ4n) is 2.89. The molecule has 0 radical (unpaired) electrons. The van der Waals surface area contributed by atoms with Crippen molar-refractivity contribution in [3.63, 3.8) is 0 Å². The summed E-state index contributed by atoms with van der Waals surface area (Å²) in [6.45, 7) is 1.39. The first kappa shape index (κ1) is 14.7. The van der Waals surface area contributed by atoms with E-state index in [-0.39, 0.29) is 35.0 Å². The van der Waals surface area contributed by atoms with Gasteiger partial charge in [-0.2, -0.15) is 5.10 Å². The minimum atomic E-state index is -0.334. The van der Waals surface area contributed by atoms with Crippen LogP contribution in [0.15, 0.2) is 16.9 Å². The van der Waals surface area contributed by atoms with Crippen LogP contribution >= 0.6 is 0 Å². The maximum absolute atomic E-state index is 12.2. The molecule has 1 aliphatic heterocycles. The molecular weight excluding hydrogens is 284 g/mol. The molecule has 1 aromatic rings. The minimum absolute atomic E-state index is 0.0478. The van der Waals surface area contributed by atoms with Crippen molar-refractivity contribution in [3.05, 3.63) is 28.2 Å². The number of rotatable bonds is 3. The van der Waals surface area contributed by atoms with Gasteiger partial charge in [0, 0.05) is 31.1 Å². The average Bonchev–Trinajstić information content (AvgIpc) is 2.46. The summed E-state index contributed by atoms with van der Waals surface area (Å²) in [6.07, 6.45) is 4.72. The molecule has 0 atom stereocenters. The van der Waals surface area contributed by atoms with Gasteiger partial charge >= 0.3 is 0 Å². The lowest BCUT2D eigenvalue weighted by atomic mass is 9.84. The summed E-state index contributed by atoms with van der Waals surface area (Å²) in [7, 11) is 0. The van der Waals surface area contributed by atoms with Gasteiger partial charge in [0.15, 0.2) is 0 Å². The van der Waals surface area contributed by atoms with Crippen LogP contribution in [0.4, 0.5) is 0 Å². The van der Waals surface area contributed by atoms with Gasteiger partial charge in [-0.25, -0.2) is 5.10 Å². The number of nitrogens with one attached hydrogen (secondary N) is 2. The van der Waals surface area contributed by atoms with E-state index >= 15 is 0 Å². The smallest absolute Gasteiger partial charge is 0.271 e. The molecule has 0 bridgehead atoms. The van der Waals surface area contributed by atoms with Crippen LogP contribution in [0.25, 0.3) is 0 Å². The molecule has 0 aromatic carbocycles. The average molecular weight is 304 g/mol. The number of H-pyrrole nitrogens is 1. The van der Waals surface area contributed by atoms with Crippen LogP contribution in [0.1, 0.15) is 42.6 Å². The van der Waals surface area contributed by atoms with Crippen molar-refractivity contribution in [2.75, 3.05) is 13.1 Å². The van der Waals surface area contributed by atoms with Crippen LogP contribution in [-0.2, 0) is 4.79 Å². The van der Waals surface area contributed by atoms with E-state index in [9.17, 15) is 14.4 Å². The summed E-state index contributed by atoms with van der Waals surface area (Å²) in [4.78, 5) is 37.0. The van der Waals surface area contributed by atoms with Gasteiger partial charge in [-0.15, -0.1) is 0 Å². The summed E-state index contributed by atoms with van der Waals surface area (Å²) in [5, 5.41) is 8.87. The molecule has 2 amide bonds. The standard InChI is InChI=1S/C15H20N4O3/c20-13-5-4-12(17-18-13)14(21)16-11-6-8-19(9-7-11)15(22)10-2-1-3-10/h4-5,10-11H,1-3,6-9H2,(H,16,21)(H,18,20). The monoisotopic (exact) mass is 304 g/mol. The summed E-state index contributed by atoms with van der Waals surface area (Å²) in [5.41, 5.74) is -0.132. The maximum Gasteiger partial charge on any atom is 0.271 e. The van der Waals surface area contributed by atoms with Gasteiger partial charge in [-0.1, -0.05) is 6.42 Å². The first-order valence-electron chi connectivity index (χ1n) is 7.79. The Labute approximate surface area is 128 Å². The molecule has 1 aliphatic carbocycles. The second-order valence-electron chi connectivity index (χ2n) is 6.01. The van der Waals surface area contributed by atoms with Crippen LogP contribution in [0.3, 0.4) is 0 Å². The molecule has 2 heterocycles. The first-order valence-corrected chi connectivity index (χ1v) is 7.79. The zero-order chi connectivity index (χ0) is 15.5. The molecule has 7 heteroatoms. The Morgan fingerprint density at radius 3 is 2.45 bits per heavy atom. The highest BCUT2D eigenvalue weighted by molar-refractivity contribution is 5.92. The Balaban J connectivity index is 1.49. The quantitative estimate of drug-likeness (QED) is 0.839. The number of hydrogen-bond acceptors (Lipinski definition) is 4. The second kappa shape index (κ2) is 6.29. The number of aromatic amines is 1. The predicted octanol–water partition coefficient (Wildman–Crippen LogP) is 0.291. The number of piperidine rings is 1. The Morgan fingerprint density at radius 2 is 1.91 bits per heavy atom. The molecule has 118 valence electrons. The van der Waals surface area contributed by atoms with Crippen molar-refractivity contribution in [2.45, 2.75) is 38.1 Å². The van der Waals surface area contributed by atoms with Crippen molar-refractivity contribution in [2.24, 2.45) is 5.92 Å². The van der Waals surface area contributed by atoms with Gasteiger partial charge in [0.05, 0.1) is 0 Å². The molecule has 0 unspecified atom stereocenters. The lowest BCUT2D eigenvalue weighted by Gasteiger charge is -2.36. The number of hydrogen-bond donors (Lipinski definition) is 2. The maximum atomic E-state index is 12.2. The zero-order valence-corrected chi connectivity index (χ0v) is 12.4. The molecule has 0 spiro atoms. The Bertz CT molecular complexity index is 595. The minimum Gasteiger partial charge on any atom is -0.348 e. The van der Waals surface area contributed by atoms with E-state index in [1.54, 1.807) is 0 Å². The lowest BCUT2D eigenvalue weighted by molar-refractivity contribution is -0.139. The highest BCUT2D eigenvalue weighted by Gasteiger charge is 2.32. The predicted molar refractivity (Wildman–Crippen MR) is 79.3 cm³/mol. The lowest BCUT2D eigenvalue weighted by Crippen LogP contribution is -2.49. The number of nitrogens with zero attached hydrogens (tertiary/aromatic N) is 2. The van der Waals surface area contributed by atoms with Crippen LogP contribution < -0.4 is 10.9 Å². The SMILES string of the molecule is O=C(NC1CCN(C(=O)C2CCC2)CC1)c1ccc(=O)[nH]n1. The third-order valence-corrected chi connectivity index (χ3v) is 4.51.